The molecule has 116 valence electrons. The van der Waals surface area contributed by atoms with Gasteiger partial charge in [-0.05, 0) is 38.0 Å². The van der Waals surface area contributed by atoms with E-state index in [1.165, 1.54) is 0 Å². The van der Waals surface area contributed by atoms with Gasteiger partial charge in [-0.25, -0.2) is 0 Å². The number of nitrogens with two attached hydrogens (primary N) is 1. The van der Waals surface area contributed by atoms with Crippen LogP contribution in [0, 0.1) is 0 Å². The lowest BCUT2D eigenvalue weighted by molar-refractivity contribution is -0.115. The molecule has 1 saturated heterocycles. The summed E-state index contributed by atoms with van der Waals surface area (Å²) in [7, 11) is -1.24. The van der Waals surface area contributed by atoms with Crippen molar-refractivity contribution < 1.29 is 13.7 Å². The lowest BCUT2D eigenvalue weighted by Gasteiger charge is -2.18. The first kappa shape index (κ1) is 16.1. The van der Waals surface area contributed by atoms with Crippen molar-refractivity contribution in [1.82, 2.24) is 0 Å². The van der Waals surface area contributed by atoms with Crippen LogP contribution in [0.2, 0.25) is 0 Å². The molecule has 0 radical (unpaired) electrons. The second-order valence-electron chi connectivity index (χ2n) is 5.26. The van der Waals surface area contributed by atoms with Gasteiger partial charge in [-0.3, -0.25) is 9.00 Å². The molecule has 1 aromatic carbocycles. The molecule has 1 aliphatic heterocycles. The minimum absolute atomic E-state index is 0.0510. The molecule has 6 heteroatoms. The second kappa shape index (κ2) is 7.15. The second-order valence-corrected chi connectivity index (χ2v) is 7.23. The SMILES string of the molecule is CC1OCCC1S(=O)C(C)C(=O)Nc1ccc(CN)cc1. The van der Waals surface area contributed by atoms with Gasteiger partial charge in [0.2, 0.25) is 5.91 Å². The number of nitrogens with one attached hydrogen (secondary N) is 1. The van der Waals surface area contributed by atoms with Gasteiger partial charge < -0.3 is 15.8 Å². The van der Waals surface area contributed by atoms with Gasteiger partial charge in [0, 0.05) is 29.6 Å². The first-order valence-electron chi connectivity index (χ1n) is 7.13. The van der Waals surface area contributed by atoms with Crippen LogP contribution < -0.4 is 11.1 Å². The molecule has 1 amide bonds. The molecule has 0 spiro atoms. The zero-order valence-electron chi connectivity index (χ0n) is 12.4. The number of rotatable bonds is 5. The fourth-order valence-electron chi connectivity index (χ4n) is 2.35. The van der Waals surface area contributed by atoms with Gasteiger partial charge in [-0.15, -0.1) is 0 Å². The van der Waals surface area contributed by atoms with Gasteiger partial charge in [0.05, 0.1) is 11.4 Å². The monoisotopic (exact) mass is 310 g/mol. The maximum absolute atomic E-state index is 12.4. The molecule has 0 aliphatic carbocycles. The molecule has 0 aromatic heterocycles. The van der Waals surface area contributed by atoms with Gasteiger partial charge in [-0.1, -0.05) is 12.1 Å². The minimum atomic E-state index is -1.24. The van der Waals surface area contributed by atoms with Gasteiger partial charge in [-0.2, -0.15) is 0 Å². The van der Waals surface area contributed by atoms with E-state index >= 15 is 0 Å². The zero-order chi connectivity index (χ0) is 15.4. The molecule has 1 fully saturated rings. The Hall–Kier alpha value is -1.24. The summed E-state index contributed by atoms with van der Waals surface area (Å²) in [6.45, 7) is 4.69. The third kappa shape index (κ3) is 3.90. The van der Waals surface area contributed by atoms with Crippen molar-refractivity contribution in [3.8, 4) is 0 Å². The van der Waals surface area contributed by atoms with E-state index in [4.69, 9.17) is 10.5 Å². The van der Waals surface area contributed by atoms with Crippen molar-refractivity contribution in [2.75, 3.05) is 11.9 Å². The number of carbonyl (C=O) groups is 1. The summed E-state index contributed by atoms with van der Waals surface area (Å²) >= 11 is 0. The van der Waals surface area contributed by atoms with E-state index in [2.05, 4.69) is 5.32 Å². The minimum Gasteiger partial charge on any atom is -0.377 e. The average Bonchev–Trinajstić information content (AvgIpc) is 2.92. The van der Waals surface area contributed by atoms with Crippen molar-refractivity contribution in [2.24, 2.45) is 5.73 Å². The molecule has 1 aliphatic rings. The quantitative estimate of drug-likeness (QED) is 0.861. The molecule has 4 atom stereocenters. The van der Waals surface area contributed by atoms with Crippen molar-refractivity contribution in [3.05, 3.63) is 29.8 Å². The van der Waals surface area contributed by atoms with E-state index < -0.39 is 16.0 Å². The van der Waals surface area contributed by atoms with Crippen LogP contribution in [0.25, 0.3) is 0 Å². The lowest BCUT2D eigenvalue weighted by atomic mass is 10.2. The van der Waals surface area contributed by atoms with Crippen LogP contribution in [0.4, 0.5) is 5.69 Å². The van der Waals surface area contributed by atoms with Crippen molar-refractivity contribution in [3.63, 3.8) is 0 Å². The Balaban J connectivity index is 1.96. The normalized spacial score (nSPS) is 24.5. The highest BCUT2D eigenvalue weighted by atomic mass is 32.2. The third-order valence-electron chi connectivity index (χ3n) is 3.78. The number of amides is 1. The largest absolute Gasteiger partial charge is 0.377 e. The van der Waals surface area contributed by atoms with Crippen molar-refractivity contribution >= 4 is 22.4 Å². The lowest BCUT2D eigenvalue weighted by Crippen LogP contribution is -2.37. The molecule has 21 heavy (non-hydrogen) atoms. The Bertz CT molecular complexity index is 518. The molecule has 2 rings (SSSR count). The van der Waals surface area contributed by atoms with E-state index in [1.807, 2.05) is 19.1 Å². The van der Waals surface area contributed by atoms with Gasteiger partial charge >= 0.3 is 0 Å². The molecule has 1 heterocycles. The first-order chi connectivity index (χ1) is 10.0. The average molecular weight is 310 g/mol. The summed E-state index contributed by atoms with van der Waals surface area (Å²) in [6, 6.07) is 7.34. The van der Waals surface area contributed by atoms with Crippen LogP contribution in [-0.4, -0.2) is 33.3 Å². The molecule has 0 saturated carbocycles. The van der Waals surface area contributed by atoms with Gasteiger partial charge in [0.1, 0.15) is 5.25 Å². The third-order valence-corrected chi connectivity index (χ3v) is 5.91. The maximum atomic E-state index is 12.4. The molecule has 1 aromatic rings. The van der Waals surface area contributed by atoms with E-state index in [-0.39, 0.29) is 17.3 Å². The van der Waals surface area contributed by atoms with Crippen molar-refractivity contribution in [1.29, 1.82) is 0 Å². The summed E-state index contributed by atoms with van der Waals surface area (Å²) in [6.07, 6.45) is 0.696. The number of hydrogen-bond donors (Lipinski definition) is 2. The fraction of sp³-hybridized carbons (Fsp3) is 0.533. The van der Waals surface area contributed by atoms with Gasteiger partial charge in [0.15, 0.2) is 0 Å². The predicted molar refractivity (Wildman–Crippen MR) is 84.4 cm³/mol. The predicted octanol–water partition coefficient (Wildman–Crippen LogP) is 1.40. The molecular formula is C15H22N2O3S. The topological polar surface area (TPSA) is 81.4 Å². The van der Waals surface area contributed by atoms with Gasteiger partial charge in [0.25, 0.3) is 0 Å². The van der Waals surface area contributed by atoms with Crippen LogP contribution in [-0.2, 0) is 26.9 Å². The highest BCUT2D eigenvalue weighted by molar-refractivity contribution is 7.87. The molecule has 4 unspecified atom stereocenters. The molecular weight excluding hydrogens is 288 g/mol. The van der Waals surface area contributed by atoms with Crippen LogP contribution in [0.3, 0.4) is 0 Å². The first-order valence-corrected chi connectivity index (χ1v) is 8.41. The number of hydrogen-bond acceptors (Lipinski definition) is 4. The fourth-order valence-corrected chi connectivity index (χ4v) is 3.93. The van der Waals surface area contributed by atoms with E-state index in [1.54, 1.807) is 19.1 Å². The van der Waals surface area contributed by atoms with Crippen LogP contribution in [0.15, 0.2) is 24.3 Å². The van der Waals surface area contributed by atoms with E-state index in [9.17, 15) is 9.00 Å². The Morgan fingerprint density at radius 3 is 2.67 bits per heavy atom. The van der Waals surface area contributed by atoms with Crippen molar-refractivity contribution in [2.45, 2.75) is 43.4 Å². The summed E-state index contributed by atoms with van der Waals surface area (Å²) in [4.78, 5) is 12.2. The maximum Gasteiger partial charge on any atom is 0.239 e. The van der Waals surface area contributed by atoms with Crippen LogP contribution >= 0.6 is 0 Å². The van der Waals surface area contributed by atoms with Crippen LogP contribution in [0.1, 0.15) is 25.8 Å². The van der Waals surface area contributed by atoms with Crippen LogP contribution in [0.5, 0.6) is 0 Å². The summed E-state index contributed by atoms with van der Waals surface area (Å²) in [5.74, 6) is -0.229. The Labute approximate surface area is 127 Å². The summed E-state index contributed by atoms with van der Waals surface area (Å²) in [5.41, 5.74) is 7.23. The summed E-state index contributed by atoms with van der Waals surface area (Å²) in [5, 5.41) is 2.17. The van der Waals surface area contributed by atoms with E-state index in [0.717, 1.165) is 12.0 Å². The van der Waals surface area contributed by atoms with E-state index in [0.29, 0.717) is 18.8 Å². The Morgan fingerprint density at radius 1 is 1.48 bits per heavy atom. The summed E-state index contributed by atoms with van der Waals surface area (Å²) < 4.78 is 17.9. The standard InChI is InChI=1S/C15H22N2O3S/c1-10-14(7-8-20-10)21(19)11(2)15(18)17-13-5-3-12(9-16)4-6-13/h3-6,10-11,14H,7-9,16H2,1-2H3,(H,17,18). The highest BCUT2D eigenvalue weighted by Crippen LogP contribution is 2.22. The zero-order valence-corrected chi connectivity index (χ0v) is 13.2. The smallest absolute Gasteiger partial charge is 0.239 e. The Morgan fingerprint density at radius 2 is 2.14 bits per heavy atom. The number of anilines is 1. The molecule has 3 N–H and O–H groups in total. The number of carbonyl (C=O) groups excluding carboxylic acids is 1. The highest BCUT2D eigenvalue weighted by Gasteiger charge is 2.34. The number of benzene rings is 1. The molecule has 0 bridgehead atoms. The molecule has 5 nitrogen and oxygen atoms in total. The Kier molecular flexibility index (Phi) is 5.50. The number of ether oxygens (including phenoxy) is 1.